The van der Waals surface area contributed by atoms with Gasteiger partial charge in [0.15, 0.2) is 0 Å². The van der Waals surface area contributed by atoms with Crippen molar-refractivity contribution in [3.05, 3.63) is 65.4 Å². The van der Waals surface area contributed by atoms with Crippen LogP contribution in [0, 0.1) is 6.92 Å². The first kappa shape index (κ1) is 14.4. The van der Waals surface area contributed by atoms with Gasteiger partial charge in [-0.2, -0.15) is 0 Å². The molecular formula is C19H21N3. The molecule has 0 radical (unpaired) electrons. The van der Waals surface area contributed by atoms with Gasteiger partial charge in [-0.3, -0.25) is 4.98 Å². The van der Waals surface area contributed by atoms with Crippen molar-refractivity contribution in [2.75, 3.05) is 24.7 Å². The van der Waals surface area contributed by atoms with Crippen LogP contribution in [-0.4, -0.2) is 19.1 Å². The van der Waals surface area contributed by atoms with Gasteiger partial charge in [-0.15, -0.1) is 0 Å². The maximum Gasteiger partial charge on any atom is 0.0708 e. The maximum absolute atomic E-state index is 6.22. The van der Waals surface area contributed by atoms with Gasteiger partial charge in [0, 0.05) is 31.6 Å². The summed E-state index contributed by atoms with van der Waals surface area (Å²) in [5.41, 5.74) is 12.8. The third-order valence-electron chi connectivity index (χ3n) is 3.98. The van der Waals surface area contributed by atoms with Crippen LogP contribution in [-0.2, 0) is 6.42 Å². The normalized spacial score (nSPS) is 10.9. The second-order valence-electron chi connectivity index (χ2n) is 5.95. The first-order valence-electron chi connectivity index (χ1n) is 7.44. The zero-order chi connectivity index (χ0) is 15.7. The highest BCUT2D eigenvalue weighted by atomic mass is 15.1. The van der Waals surface area contributed by atoms with Gasteiger partial charge in [0.1, 0.15) is 0 Å². The number of nitrogens with two attached hydrogens (primary N) is 1. The molecule has 0 saturated heterocycles. The Bertz CT molecular complexity index is 822. The summed E-state index contributed by atoms with van der Waals surface area (Å²) in [6.07, 6.45) is 2.59. The predicted molar refractivity (Wildman–Crippen MR) is 94.5 cm³/mol. The fourth-order valence-corrected chi connectivity index (χ4v) is 2.75. The van der Waals surface area contributed by atoms with Gasteiger partial charge >= 0.3 is 0 Å². The van der Waals surface area contributed by atoms with Crippen LogP contribution >= 0.6 is 0 Å². The number of aryl methyl sites for hydroxylation is 1. The van der Waals surface area contributed by atoms with Crippen molar-refractivity contribution in [1.82, 2.24) is 4.98 Å². The van der Waals surface area contributed by atoms with Crippen LogP contribution in [0.2, 0.25) is 0 Å². The van der Waals surface area contributed by atoms with Crippen molar-refractivity contribution in [3.8, 4) is 0 Å². The van der Waals surface area contributed by atoms with Crippen molar-refractivity contribution < 1.29 is 0 Å². The van der Waals surface area contributed by atoms with Crippen molar-refractivity contribution in [3.63, 3.8) is 0 Å². The minimum Gasteiger partial charge on any atom is -0.397 e. The van der Waals surface area contributed by atoms with Crippen LogP contribution in [0.25, 0.3) is 10.9 Å². The monoisotopic (exact) mass is 291 g/mol. The predicted octanol–water partition coefficient (Wildman–Crippen LogP) is 3.78. The van der Waals surface area contributed by atoms with Crippen molar-refractivity contribution in [2.45, 2.75) is 13.3 Å². The van der Waals surface area contributed by atoms with Crippen LogP contribution in [0.15, 0.2) is 48.7 Å². The van der Waals surface area contributed by atoms with E-state index in [-0.39, 0.29) is 0 Å². The minimum absolute atomic E-state index is 0.755. The smallest absolute Gasteiger partial charge is 0.0708 e. The number of hydrogen-bond donors (Lipinski definition) is 1. The number of pyridine rings is 1. The molecule has 0 aliphatic carbocycles. The second-order valence-corrected chi connectivity index (χ2v) is 5.95. The van der Waals surface area contributed by atoms with Gasteiger partial charge in [0.05, 0.1) is 17.4 Å². The van der Waals surface area contributed by atoms with E-state index in [4.69, 9.17) is 5.73 Å². The molecular weight excluding hydrogens is 270 g/mol. The first-order chi connectivity index (χ1) is 10.5. The van der Waals surface area contributed by atoms with Gasteiger partial charge in [-0.25, -0.2) is 0 Å². The lowest BCUT2D eigenvalue weighted by molar-refractivity contribution is 1.13. The summed E-state index contributed by atoms with van der Waals surface area (Å²) in [5.74, 6) is 0. The molecule has 1 aromatic heterocycles. The van der Waals surface area contributed by atoms with Crippen molar-refractivity contribution >= 4 is 22.3 Å². The average Bonchev–Trinajstić information content (AvgIpc) is 2.49. The number of anilines is 2. The molecule has 3 heteroatoms. The van der Waals surface area contributed by atoms with Crippen LogP contribution in [0.3, 0.4) is 0 Å². The Morgan fingerprint density at radius 3 is 2.64 bits per heavy atom. The molecule has 0 atom stereocenters. The zero-order valence-corrected chi connectivity index (χ0v) is 13.3. The molecule has 0 bridgehead atoms. The van der Waals surface area contributed by atoms with Crippen LogP contribution < -0.4 is 10.6 Å². The summed E-state index contributed by atoms with van der Waals surface area (Å²) < 4.78 is 0. The van der Waals surface area contributed by atoms with E-state index in [1.54, 1.807) is 6.20 Å². The van der Waals surface area contributed by atoms with Crippen LogP contribution in [0.5, 0.6) is 0 Å². The SMILES string of the molecule is Cc1cccc(Cc2c(N)cnc3ccc(N(C)C)cc23)c1. The van der Waals surface area contributed by atoms with E-state index in [1.807, 2.05) is 14.1 Å². The largest absolute Gasteiger partial charge is 0.397 e. The van der Waals surface area contributed by atoms with Crippen molar-refractivity contribution in [2.24, 2.45) is 0 Å². The zero-order valence-electron chi connectivity index (χ0n) is 13.3. The number of nitrogen functional groups attached to an aromatic ring is 1. The summed E-state index contributed by atoms with van der Waals surface area (Å²) in [4.78, 5) is 6.55. The molecule has 0 amide bonds. The Kier molecular flexibility index (Phi) is 3.72. The summed E-state index contributed by atoms with van der Waals surface area (Å²) in [5, 5.41) is 1.13. The molecule has 112 valence electrons. The summed E-state index contributed by atoms with van der Waals surface area (Å²) in [6, 6.07) is 14.9. The number of rotatable bonds is 3. The molecule has 0 fully saturated rings. The number of nitrogens with zero attached hydrogens (tertiary/aromatic N) is 2. The molecule has 2 aromatic carbocycles. The fraction of sp³-hybridized carbons (Fsp3) is 0.211. The fourth-order valence-electron chi connectivity index (χ4n) is 2.75. The van der Waals surface area contributed by atoms with Gasteiger partial charge in [-0.05, 0) is 36.2 Å². The molecule has 3 aromatic rings. The highest BCUT2D eigenvalue weighted by Crippen LogP contribution is 2.28. The van der Waals surface area contributed by atoms with E-state index in [2.05, 4.69) is 59.3 Å². The molecule has 0 aliphatic rings. The van der Waals surface area contributed by atoms with Crippen molar-refractivity contribution in [1.29, 1.82) is 0 Å². The third kappa shape index (κ3) is 2.75. The molecule has 22 heavy (non-hydrogen) atoms. The Morgan fingerprint density at radius 2 is 1.91 bits per heavy atom. The lowest BCUT2D eigenvalue weighted by Crippen LogP contribution is -2.08. The highest BCUT2D eigenvalue weighted by Gasteiger charge is 2.09. The minimum atomic E-state index is 0.755. The molecule has 2 N–H and O–H groups in total. The molecule has 0 unspecified atom stereocenters. The number of fused-ring (bicyclic) bond motifs is 1. The van der Waals surface area contributed by atoms with Gasteiger partial charge in [0.2, 0.25) is 0 Å². The quantitative estimate of drug-likeness (QED) is 0.798. The van der Waals surface area contributed by atoms with E-state index in [0.717, 1.165) is 34.3 Å². The Labute approximate surface area is 131 Å². The number of hydrogen-bond acceptors (Lipinski definition) is 3. The topological polar surface area (TPSA) is 42.1 Å². The molecule has 0 saturated carbocycles. The summed E-state index contributed by atoms with van der Waals surface area (Å²) >= 11 is 0. The third-order valence-corrected chi connectivity index (χ3v) is 3.98. The number of benzene rings is 2. The molecule has 1 heterocycles. The van der Waals surface area contributed by atoms with Crippen LogP contribution in [0.1, 0.15) is 16.7 Å². The lowest BCUT2D eigenvalue weighted by Gasteiger charge is -2.15. The van der Waals surface area contributed by atoms with Gasteiger partial charge < -0.3 is 10.6 Å². The van der Waals surface area contributed by atoms with E-state index in [1.165, 1.54) is 11.1 Å². The molecule has 0 aliphatic heterocycles. The number of aromatic nitrogens is 1. The summed E-state index contributed by atoms with van der Waals surface area (Å²) in [6.45, 7) is 2.11. The molecule has 3 nitrogen and oxygen atoms in total. The molecule has 3 rings (SSSR count). The van der Waals surface area contributed by atoms with Gasteiger partial charge in [-0.1, -0.05) is 29.8 Å². The maximum atomic E-state index is 6.22. The Hall–Kier alpha value is -2.55. The van der Waals surface area contributed by atoms with Crippen LogP contribution in [0.4, 0.5) is 11.4 Å². The van der Waals surface area contributed by atoms with Gasteiger partial charge in [0.25, 0.3) is 0 Å². The molecule has 0 spiro atoms. The van der Waals surface area contributed by atoms with E-state index in [0.29, 0.717) is 0 Å². The van der Waals surface area contributed by atoms with E-state index < -0.39 is 0 Å². The lowest BCUT2D eigenvalue weighted by atomic mass is 9.98. The first-order valence-corrected chi connectivity index (χ1v) is 7.44. The standard InChI is InChI=1S/C19H21N3/c1-13-5-4-6-14(9-13)10-16-17-11-15(22(2)3)7-8-19(17)21-12-18(16)20/h4-9,11-12H,10,20H2,1-3H3. The Morgan fingerprint density at radius 1 is 1.09 bits per heavy atom. The second kappa shape index (κ2) is 5.68. The van der Waals surface area contributed by atoms with E-state index >= 15 is 0 Å². The van der Waals surface area contributed by atoms with E-state index in [9.17, 15) is 0 Å². The average molecular weight is 291 g/mol. The Balaban J connectivity index is 2.14. The highest BCUT2D eigenvalue weighted by molar-refractivity contribution is 5.89. The summed E-state index contributed by atoms with van der Waals surface area (Å²) in [7, 11) is 4.09.